The van der Waals surface area contributed by atoms with Gasteiger partial charge < -0.3 is 10.6 Å². The van der Waals surface area contributed by atoms with Crippen LogP contribution in [0.25, 0.3) is 0 Å². The van der Waals surface area contributed by atoms with Gasteiger partial charge in [0.2, 0.25) is 0 Å². The topological polar surface area (TPSA) is 37.0 Å². The van der Waals surface area contributed by atoms with Crippen LogP contribution in [-0.2, 0) is 12.8 Å². The lowest BCUT2D eigenvalue weighted by molar-refractivity contribution is -0.157. The van der Waals surface area contributed by atoms with E-state index in [2.05, 4.69) is 15.6 Å². The quantitative estimate of drug-likeness (QED) is 0.865. The molecule has 1 heterocycles. The van der Waals surface area contributed by atoms with Crippen molar-refractivity contribution in [1.82, 2.24) is 10.3 Å². The van der Waals surface area contributed by atoms with E-state index in [0.717, 1.165) is 12.8 Å². The molecule has 2 atom stereocenters. The van der Waals surface area contributed by atoms with Gasteiger partial charge in [0.1, 0.15) is 6.04 Å². The maximum absolute atomic E-state index is 12.9. The first-order valence-corrected chi connectivity index (χ1v) is 7.98. The number of hydrogen-bond donors (Lipinski definition) is 2. The molecule has 7 heteroatoms. The zero-order valence-corrected chi connectivity index (χ0v) is 13.7. The zero-order chi connectivity index (χ0) is 17.3. The van der Waals surface area contributed by atoms with Gasteiger partial charge in [-0.05, 0) is 55.3 Å². The monoisotopic (exact) mass is 355 g/mol. The summed E-state index contributed by atoms with van der Waals surface area (Å²) in [6.45, 7) is 0. The summed E-state index contributed by atoms with van der Waals surface area (Å²) in [5.74, 6) is 0. The minimum Gasteiger partial charge on any atom is -0.380 e. The molecule has 0 saturated carbocycles. The van der Waals surface area contributed by atoms with Crippen LogP contribution in [0, 0.1) is 0 Å². The summed E-state index contributed by atoms with van der Waals surface area (Å²) in [7, 11) is 1.27. The first-order chi connectivity index (χ1) is 11.4. The van der Waals surface area contributed by atoms with E-state index in [-0.39, 0.29) is 11.7 Å². The van der Waals surface area contributed by atoms with Crippen LogP contribution < -0.4 is 10.6 Å². The summed E-state index contributed by atoms with van der Waals surface area (Å²) in [6.07, 6.45) is -1.24. The molecule has 1 unspecified atom stereocenters. The number of hydrogen-bond acceptors (Lipinski definition) is 3. The molecule has 0 radical (unpaired) electrons. The predicted octanol–water partition coefficient (Wildman–Crippen LogP) is 4.14. The molecule has 2 aromatic rings. The van der Waals surface area contributed by atoms with Crippen molar-refractivity contribution in [3.8, 4) is 0 Å². The molecule has 0 spiro atoms. The fraction of sp³-hybridized carbons (Fsp3) is 0.353. The van der Waals surface area contributed by atoms with Crippen LogP contribution >= 0.6 is 11.6 Å². The number of pyridine rings is 1. The van der Waals surface area contributed by atoms with Gasteiger partial charge in [-0.1, -0.05) is 17.7 Å². The largest absolute Gasteiger partial charge is 0.409 e. The Labute approximate surface area is 143 Å². The highest BCUT2D eigenvalue weighted by atomic mass is 35.5. The van der Waals surface area contributed by atoms with Crippen LogP contribution in [0.3, 0.4) is 0 Å². The lowest BCUT2D eigenvalue weighted by atomic mass is 10.1. The van der Waals surface area contributed by atoms with Gasteiger partial charge in [0.05, 0.1) is 17.6 Å². The Morgan fingerprint density at radius 3 is 2.54 bits per heavy atom. The Kier molecular flexibility index (Phi) is 4.69. The van der Waals surface area contributed by atoms with Crippen LogP contribution in [0.2, 0.25) is 5.02 Å². The van der Waals surface area contributed by atoms with Gasteiger partial charge in [-0.3, -0.25) is 4.98 Å². The van der Waals surface area contributed by atoms with Crippen LogP contribution in [0.15, 0.2) is 36.5 Å². The molecule has 0 fully saturated rings. The van der Waals surface area contributed by atoms with E-state index in [4.69, 9.17) is 11.6 Å². The number of benzene rings is 1. The fourth-order valence-electron chi connectivity index (χ4n) is 3.07. The van der Waals surface area contributed by atoms with Crippen molar-refractivity contribution in [3.63, 3.8) is 0 Å². The number of halogens is 4. The van der Waals surface area contributed by atoms with Crippen LogP contribution in [0.1, 0.15) is 22.9 Å². The average molecular weight is 356 g/mol. The van der Waals surface area contributed by atoms with E-state index in [1.165, 1.54) is 30.4 Å². The maximum atomic E-state index is 12.9. The number of anilines is 1. The van der Waals surface area contributed by atoms with E-state index in [1.807, 2.05) is 18.2 Å². The van der Waals surface area contributed by atoms with E-state index < -0.39 is 12.2 Å². The number of rotatable bonds is 4. The summed E-state index contributed by atoms with van der Waals surface area (Å²) in [5, 5.41) is 6.28. The highest BCUT2D eigenvalue weighted by Crippen LogP contribution is 2.32. The van der Waals surface area contributed by atoms with Gasteiger partial charge in [0.25, 0.3) is 0 Å². The highest BCUT2D eigenvalue weighted by molar-refractivity contribution is 6.30. The lowest BCUT2D eigenvalue weighted by Crippen LogP contribution is -2.32. The molecule has 24 heavy (non-hydrogen) atoms. The van der Waals surface area contributed by atoms with Crippen molar-refractivity contribution < 1.29 is 13.2 Å². The fourth-order valence-corrected chi connectivity index (χ4v) is 3.26. The summed E-state index contributed by atoms with van der Waals surface area (Å²) in [6, 6.07) is 7.30. The smallest absolute Gasteiger partial charge is 0.380 e. The van der Waals surface area contributed by atoms with Crippen molar-refractivity contribution in [1.29, 1.82) is 0 Å². The Morgan fingerprint density at radius 2 is 1.92 bits per heavy atom. The Balaban J connectivity index is 1.67. The molecule has 0 aliphatic heterocycles. The average Bonchev–Trinajstić information content (AvgIpc) is 2.89. The number of aromatic nitrogens is 1. The number of alkyl halides is 3. The second kappa shape index (κ2) is 6.61. The zero-order valence-electron chi connectivity index (χ0n) is 13.0. The van der Waals surface area contributed by atoms with Crippen molar-refractivity contribution in [3.05, 3.63) is 58.4 Å². The molecule has 1 aromatic carbocycles. The minimum absolute atomic E-state index is 0.0444. The van der Waals surface area contributed by atoms with Gasteiger partial charge in [-0.15, -0.1) is 0 Å². The molecule has 2 N–H and O–H groups in total. The van der Waals surface area contributed by atoms with E-state index >= 15 is 0 Å². The first kappa shape index (κ1) is 17.0. The highest BCUT2D eigenvalue weighted by Gasteiger charge is 2.40. The van der Waals surface area contributed by atoms with E-state index in [9.17, 15) is 13.2 Å². The number of nitrogens with one attached hydrogen (secondary N) is 2. The van der Waals surface area contributed by atoms with Crippen LogP contribution in [-0.4, -0.2) is 24.2 Å². The standard InChI is InChI=1S/C17H17ClF3N3/c1-22-16(17(19,20)21)15-5-4-13(9-23-15)24-14-7-10-2-3-12(18)6-11(10)8-14/h2-6,9,14,16,22,24H,7-8H2,1H3/t14-,16?/m0/s1. The summed E-state index contributed by atoms with van der Waals surface area (Å²) < 4.78 is 38.7. The summed E-state index contributed by atoms with van der Waals surface area (Å²) in [4.78, 5) is 3.96. The molecule has 0 amide bonds. The normalized spacial score (nSPS) is 18.3. The molecule has 3 nitrogen and oxygen atoms in total. The molecule has 128 valence electrons. The number of fused-ring (bicyclic) bond motifs is 1. The first-order valence-electron chi connectivity index (χ1n) is 7.60. The van der Waals surface area contributed by atoms with Gasteiger partial charge in [-0.2, -0.15) is 13.2 Å². The molecule has 1 aliphatic carbocycles. The number of nitrogens with zero attached hydrogens (tertiary/aromatic N) is 1. The molecule has 0 bridgehead atoms. The van der Waals surface area contributed by atoms with Crippen molar-refractivity contribution >= 4 is 17.3 Å². The van der Waals surface area contributed by atoms with E-state index in [1.54, 1.807) is 6.07 Å². The van der Waals surface area contributed by atoms with Gasteiger partial charge in [-0.25, -0.2) is 0 Å². The molecular formula is C17H17ClF3N3. The third-order valence-electron chi connectivity index (χ3n) is 4.17. The summed E-state index contributed by atoms with van der Waals surface area (Å²) in [5.41, 5.74) is 3.11. The van der Waals surface area contributed by atoms with E-state index in [0.29, 0.717) is 10.7 Å². The third-order valence-corrected chi connectivity index (χ3v) is 4.40. The Bertz CT molecular complexity index is 716. The molecule has 0 saturated heterocycles. The second-order valence-corrected chi connectivity index (χ2v) is 6.33. The minimum atomic E-state index is -4.37. The second-order valence-electron chi connectivity index (χ2n) is 5.90. The van der Waals surface area contributed by atoms with Crippen LogP contribution in [0.4, 0.5) is 18.9 Å². The SMILES string of the molecule is CNC(c1ccc(N[C@H]2Cc3ccc(Cl)cc3C2)cn1)C(F)(F)F. The third kappa shape index (κ3) is 3.65. The van der Waals surface area contributed by atoms with Crippen molar-refractivity contribution in [2.45, 2.75) is 31.1 Å². The van der Waals surface area contributed by atoms with Crippen molar-refractivity contribution in [2.75, 3.05) is 12.4 Å². The Morgan fingerprint density at radius 1 is 1.17 bits per heavy atom. The lowest BCUT2D eigenvalue weighted by Gasteiger charge is -2.19. The summed E-state index contributed by atoms with van der Waals surface area (Å²) >= 11 is 6.00. The van der Waals surface area contributed by atoms with Gasteiger partial charge in [0, 0.05) is 11.1 Å². The maximum Gasteiger partial charge on any atom is 0.409 e. The molecule has 1 aliphatic rings. The van der Waals surface area contributed by atoms with Crippen molar-refractivity contribution in [2.24, 2.45) is 0 Å². The van der Waals surface area contributed by atoms with Gasteiger partial charge in [0.15, 0.2) is 0 Å². The van der Waals surface area contributed by atoms with Gasteiger partial charge >= 0.3 is 6.18 Å². The molecule has 3 rings (SSSR count). The Hall–Kier alpha value is -1.79. The van der Waals surface area contributed by atoms with Crippen LogP contribution in [0.5, 0.6) is 0 Å². The molecule has 1 aromatic heterocycles. The molecular weight excluding hydrogens is 339 g/mol. The predicted molar refractivity (Wildman–Crippen MR) is 88.4 cm³/mol.